The highest BCUT2D eigenvalue weighted by atomic mass is 16.5. The van der Waals surface area contributed by atoms with Crippen molar-refractivity contribution in [2.45, 2.75) is 51.2 Å². The predicted molar refractivity (Wildman–Crippen MR) is 68.0 cm³/mol. The van der Waals surface area contributed by atoms with Crippen LogP contribution in [0.5, 0.6) is 0 Å². The van der Waals surface area contributed by atoms with Crippen LogP contribution in [0.25, 0.3) is 0 Å². The summed E-state index contributed by atoms with van der Waals surface area (Å²) in [5.74, 6) is 1.46. The predicted octanol–water partition coefficient (Wildman–Crippen LogP) is 2.32. The molecular weight excluding hydrogens is 230 g/mol. The molecule has 100 valence electrons. The van der Waals surface area contributed by atoms with E-state index in [-0.39, 0.29) is 18.1 Å². The highest BCUT2D eigenvalue weighted by Crippen LogP contribution is 2.28. The van der Waals surface area contributed by atoms with Gasteiger partial charge in [0.1, 0.15) is 6.10 Å². The zero-order valence-electron chi connectivity index (χ0n) is 11.0. The number of ether oxygens (including phenoxy) is 1. The molecule has 5 nitrogen and oxygen atoms in total. The molecule has 0 aliphatic heterocycles. The molecule has 1 aromatic rings. The Labute approximate surface area is 107 Å². The maximum absolute atomic E-state index is 5.82. The van der Waals surface area contributed by atoms with Crippen LogP contribution in [0.1, 0.15) is 56.8 Å². The summed E-state index contributed by atoms with van der Waals surface area (Å²) in [5, 5.41) is 4.04. The maximum Gasteiger partial charge on any atom is 0.233 e. The van der Waals surface area contributed by atoms with Crippen molar-refractivity contribution in [3.8, 4) is 0 Å². The van der Waals surface area contributed by atoms with Gasteiger partial charge in [0.2, 0.25) is 11.7 Å². The van der Waals surface area contributed by atoms with Gasteiger partial charge < -0.3 is 15.0 Å². The van der Waals surface area contributed by atoms with Gasteiger partial charge in [0.25, 0.3) is 0 Å². The minimum absolute atomic E-state index is 0.0587. The smallest absolute Gasteiger partial charge is 0.233 e. The first-order valence-corrected chi connectivity index (χ1v) is 6.63. The average Bonchev–Trinajstić information content (AvgIpc) is 2.97. The summed E-state index contributed by atoms with van der Waals surface area (Å²) in [7, 11) is 0. The first-order valence-electron chi connectivity index (χ1n) is 6.63. The highest BCUT2D eigenvalue weighted by Gasteiger charge is 2.25. The van der Waals surface area contributed by atoms with Crippen LogP contribution in [-0.4, -0.2) is 22.8 Å². The normalized spacial score (nSPS) is 24.6. The molecule has 1 heterocycles. The molecule has 0 bridgehead atoms. The lowest BCUT2D eigenvalue weighted by molar-refractivity contribution is 0.0477. The van der Waals surface area contributed by atoms with E-state index in [1.807, 2.05) is 19.1 Å². The number of rotatable bonds is 6. The fraction of sp³-hybridized carbons (Fsp3) is 0.692. The van der Waals surface area contributed by atoms with Crippen molar-refractivity contribution in [3.05, 3.63) is 23.9 Å². The Morgan fingerprint density at radius 2 is 2.33 bits per heavy atom. The molecule has 5 heteroatoms. The summed E-state index contributed by atoms with van der Waals surface area (Å²) in [6, 6.07) is 0.101. The van der Waals surface area contributed by atoms with Crippen molar-refractivity contribution in [2.75, 3.05) is 6.61 Å². The van der Waals surface area contributed by atoms with Crippen molar-refractivity contribution >= 4 is 0 Å². The van der Waals surface area contributed by atoms with Gasteiger partial charge in [0, 0.05) is 12.6 Å². The van der Waals surface area contributed by atoms with Crippen molar-refractivity contribution in [1.29, 1.82) is 0 Å². The molecule has 0 amide bonds. The van der Waals surface area contributed by atoms with E-state index in [2.05, 4.69) is 17.1 Å². The number of nitrogens with zero attached hydrogens (tertiary/aromatic N) is 2. The summed E-state index contributed by atoms with van der Waals surface area (Å²) >= 11 is 0. The SMILES string of the molecule is CCCC(OCC)c1noc(C2C=CC(N)C2)n1. The quantitative estimate of drug-likeness (QED) is 0.785. The number of hydrogen-bond donors (Lipinski definition) is 1. The van der Waals surface area contributed by atoms with Crippen LogP contribution in [0, 0.1) is 0 Å². The lowest BCUT2D eigenvalue weighted by Crippen LogP contribution is -2.14. The Balaban J connectivity index is 2.06. The molecular formula is C13H21N3O2. The zero-order valence-corrected chi connectivity index (χ0v) is 11.0. The molecule has 0 spiro atoms. The van der Waals surface area contributed by atoms with E-state index in [9.17, 15) is 0 Å². The summed E-state index contributed by atoms with van der Waals surface area (Å²) in [6.45, 7) is 4.75. The van der Waals surface area contributed by atoms with Crippen LogP contribution in [0.4, 0.5) is 0 Å². The number of nitrogens with two attached hydrogens (primary N) is 1. The third kappa shape index (κ3) is 2.97. The van der Waals surface area contributed by atoms with Crippen LogP contribution in [0.2, 0.25) is 0 Å². The van der Waals surface area contributed by atoms with E-state index in [0.29, 0.717) is 18.3 Å². The molecule has 3 unspecified atom stereocenters. The Morgan fingerprint density at radius 1 is 1.50 bits per heavy atom. The largest absolute Gasteiger partial charge is 0.370 e. The number of hydrogen-bond acceptors (Lipinski definition) is 5. The summed E-state index contributed by atoms with van der Waals surface area (Å²) in [5.41, 5.74) is 5.82. The topological polar surface area (TPSA) is 74.2 Å². The molecule has 0 saturated heterocycles. The minimum Gasteiger partial charge on any atom is -0.370 e. The van der Waals surface area contributed by atoms with E-state index in [0.717, 1.165) is 19.3 Å². The molecule has 3 atom stereocenters. The molecule has 0 saturated carbocycles. The third-order valence-corrected chi connectivity index (χ3v) is 3.10. The van der Waals surface area contributed by atoms with Gasteiger partial charge in [-0.15, -0.1) is 0 Å². The van der Waals surface area contributed by atoms with Crippen molar-refractivity contribution in [3.63, 3.8) is 0 Å². The standard InChI is InChI=1S/C13H21N3O2/c1-3-5-11(17-4-2)12-15-13(18-16-12)9-6-7-10(14)8-9/h6-7,9-11H,3-5,8,14H2,1-2H3. The van der Waals surface area contributed by atoms with E-state index in [4.69, 9.17) is 15.0 Å². The van der Waals surface area contributed by atoms with Gasteiger partial charge in [-0.1, -0.05) is 30.7 Å². The summed E-state index contributed by atoms with van der Waals surface area (Å²) < 4.78 is 11.0. The van der Waals surface area contributed by atoms with Gasteiger partial charge in [-0.2, -0.15) is 4.98 Å². The van der Waals surface area contributed by atoms with Crippen molar-refractivity contribution < 1.29 is 9.26 Å². The Bertz CT molecular complexity index is 397. The molecule has 1 aliphatic carbocycles. The average molecular weight is 251 g/mol. The summed E-state index contributed by atoms with van der Waals surface area (Å²) in [6.07, 6.45) is 6.75. The van der Waals surface area contributed by atoms with Gasteiger partial charge in [-0.05, 0) is 19.8 Å². The van der Waals surface area contributed by atoms with E-state index in [1.54, 1.807) is 0 Å². The van der Waals surface area contributed by atoms with Crippen LogP contribution < -0.4 is 5.73 Å². The second-order valence-corrected chi connectivity index (χ2v) is 4.61. The fourth-order valence-corrected chi connectivity index (χ4v) is 2.19. The minimum atomic E-state index is -0.0587. The lowest BCUT2D eigenvalue weighted by Gasteiger charge is -2.11. The molecule has 1 aromatic heterocycles. The first-order chi connectivity index (χ1) is 8.74. The Hall–Kier alpha value is -1.20. The van der Waals surface area contributed by atoms with Crippen LogP contribution in [0.3, 0.4) is 0 Å². The molecule has 2 N–H and O–H groups in total. The number of aromatic nitrogens is 2. The van der Waals surface area contributed by atoms with Crippen LogP contribution in [0.15, 0.2) is 16.7 Å². The maximum atomic E-state index is 5.82. The van der Waals surface area contributed by atoms with Crippen molar-refractivity contribution in [1.82, 2.24) is 10.1 Å². The van der Waals surface area contributed by atoms with Gasteiger partial charge in [-0.3, -0.25) is 0 Å². The zero-order chi connectivity index (χ0) is 13.0. The van der Waals surface area contributed by atoms with Gasteiger partial charge in [0.15, 0.2) is 0 Å². The van der Waals surface area contributed by atoms with E-state index in [1.165, 1.54) is 0 Å². The third-order valence-electron chi connectivity index (χ3n) is 3.10. The van der Waals surface area contributed by atoms with E-state index >= 15 is 0 Å². The second kappa shape index (κ2) is 6.11. The van der Waals surface area contributed by atoms with Gasteiger partial charge in [-0.25, -0.2) is 0 Å². The molecule has 2 rings (SSSR count). The van der Waals surface area contributed by atoms with Gasteiger partial charge in [0.05, 0.1) is 5.92 Å². The Kier molecular flexibility index (Phi) is 4.49. The Morgan fingerprint density at radius 3 is 2.94 bits per heavy atom. The monoisotopic (exact) mass is 251 g/mol. The summed E-state index contributed by atoms with van der Waals surface area (Å²) in [4.78, 5) is 4.45. The number of allylic oxidation sites excluding steroid dienone is 1. The molecule has 1 aliphatic rings. The molecule has 0 aromatic carbocycles. The highest BCUT2D eigenvalue weighted by molar-refractivity contribution is 5.15. The molecule has 0 radical (unpaired) electrons. The van der Waals surface area contributed by atoms with E-state index < -0.39 is 0 Å². The lowest BCUT2D eigenvalue weighted by atomic mass is 10.1. The van der Waals surface area contributed by atoms with Crippen LogP contribution in [-0.2, 0) is 4.74 Å². The first kappa shape index (κ1) is 13.2. The van der Waals surface area contributed by atoms with Crippen molar-refractivity contribution in [2.24, 2.45) is 5.73 Å². The van der Waals surface area contributed by atoms with Gasteiger partial charge >= 0.3 is 0 Å². The van der Waals surface area contributed by atoms with Crippen LogP contribution >= 0.6 is 0 Å². The molecule has 18 heavy (non-hydrogen) atoms. The fourth-order valence-electron chi connectivity index (χ4n) is 2.19. The second-order valence-electron chi connectivity index (χ2n) is 4.61. The molecule has 0 fully saturated rings.